The Bertz CT molecular complexity index is 1030. The summed E-state index contributed by atoms with van der Waals surface area (Å²) in [6.07, 6.45) is 0.800. The smallest absolute Gasteiger partial charge is 0.228 e. The van der Waals surface area contributed by atoms with E-state index in [-0.39, 0.29) is 30.5 Å². The Morgan fingerprint density at radius 3 is 2.52 bits per heavy atom. The lowest BCUT2D eigenvalue weighted by Crippen LogP contribution is -2.40. The van der Waals surface area contributed by atoms with Crippen LogP contribution >= 0.6 is 0 Å². The van der Waals surface area contributed by atoms with Gasteiger partial charge >= 0.3 is 0 Å². The molecule has 1 atom stereocenters. The molecule has 1 unspecified atom stereocenters. The van der Waals surface area contributed by atoms with Crippen molar-refractivity contribution < 1.29 is 18.4 Å². The molecule has 4 rings (SSSR count). The second kappa shape index (κ2) is 8.72. The van der Waals surface area contributed by atoms with Crippen molar-refractivity contribution in [3.8, 4) is 6.07 Å². The lowest BCUT2D eigenvalue weighted by Gasteiger charge is -2.25. The third kappa shape index (κ3) is 4.36. The fourth-order valence-electron chi connectivity index (χ4n) is 4.21. The maximum atomic E-state index is 14.1. The van der Waals surface area contributed by atoms with Gasteiger partial charge in [-0.3, -0.25) is 9.59 Å². The molecule has 0 aromatic heterocycles. The van der Waals surface area contributed by atoms with Crippen molar-refractivity contribution in [3.63, 3.8) is 0 Å². The average Bonchev–Trinajstić information content (AvgIpc) is 2.98. The molecular formula is C23H22F2N4O2. The highest BCUT2D eigenvalue weighted by atomic mass is 19.1. The van der Waals surface area contributed by atoms with E-state index in [2.05, 4.69) is 11.0 Å². The van der Waals surface area contributed by atoms with Crippen LogP contribution in [0.15, 0.2) is 42.5 Å². The van der Waals surface area contributed by atoms with Gasteiger partial charge in [0.2, 0.25) is 11.8 Å². The van der Waals surface area contributed by atoms with E-state index in [1.165, 1.54) is 11.0 Å². The second-order valence-electron chi connectivity index (χ2n) is 7.83. The molecule has 0 spiro atoms. The Morgan fingerprint density at radius 1 is 1.03 bits per heavy atom. The number of hydrogen-bond acceptors (Lipinski definition) is 4. The maximum Gasteiger partial charge on any atom is 0.228 e. The Kier molecular flexibility index (Phi) is 5.85. The van der Waals surface area contributed by atoms with Gasteiger partial charge in [-0.15, -0.1) is 0 Å². The van der Waals surface area contributed by atoms with Gasteiger partial charge in [-0.1, -0.05) is 0 Å². The van der Waals surface area contributed by atoms with Gasteiger partial charge in [0.15, 0.2) is 0 Å². The SMILES string of the molecule is N#Cc1ccc(N2CCCN(C(=O)C3CC(=O)N(c4ccc(F)cc4F)C3)CC2)cc1. The average molecular weight is 424 g/mol. The lowest BCUT2D eigenvalue weighted by atomic mass is 10.1. The predicted molar refractivity (Wildman–Crippen MR) is 111 cm³/mol. The number of hydrogen-bond donors (Lipinski definition) is 0. The Morgan fingerprint density at radius 2 is 1.81 bits per heavy atom. The van der Waals surface area contributed by atoms with Crippen molar-refractivity contribution in [3.05, 3.63) is 59.7 Å². The molecule has 2 saturated heterocycles. The van der Waals surface area contributed by atoms with Gasteiger partial charge < -0.3 is 14.7 Å². The molecule has 8 heteroatoms. The largest absolute Gasteiger partial charge is 0.370 e. The lowest BCUT2D eigenvalue weighted by molar-refractivity contribution is -0.135. The van der Waals surface area contributed by atoms with Gasteiger partial charge in [-0.05, 0) is 42.8 Å². The molecule has 31 heavy (non-hydrogen) atoms. The molecule has 2 heterocycles. The number of carbonyl (C=O) groups is 2. The molecule has 0 radical (unpaired) electrons. The molecule has 2 aromatic rings. The zero-order valence-electron chi connectivity index (χ0n) is 16.9. The predicted octanol–water partition coefficient (Wildman–Crippen LogP) is 2.93. The van der Waals surface area contributed by atoms with Crippen molar-refractivity contribution in [1.82, 2.24) is 4.90 Å². The zero-order chi connectivity index (χ0) is 22.0. The molecule has 2 amide bonds. The first-order valence-corrected chi connectivity index (χ1v) is 10.3. The molecule has 2 fully saturated rings. The fraction of sp³-hybridized carbons (Fsp3) is 0.348. The number of halogens is 2. The first-order chi connectivity index (χ1) is 15.0. The third-order valence-corrected chi connectivity index (χ3v) is 5.84. The van der Waals surface area contributed by atoms with Gasteiger partial charge in [0.25, 0.3) is 0 Å². The van der Waals surface area contributed by atoms with Crippen molar-refractivity contribution >= 4 is 23.2 Å². The molecule has 0 aliphatic carbocycles. The summed E-state index contributed by atoms with van der Waals surface area (Å²) in [5.41, 5.74) is 1.61. The number of anilines is 2. The van der Waals surface area contributed by atoms with Crippen LogP contribution in [-0.2, 0) is 9.59 Å². The van der Waals surface area contributed by atoms with Crippen LogP contribution in [0.1, 0.15) is 18.4 Å². The van der Waals surface area contributed by atoms with Crippen molar-refractivity contribution in [2.75, 3.05) is 42.5 Å². The number of nitriles is 1. The molecule has 2 aliphatic rings. The summed E-state index contributed by atoms with van der Waals surface area (Å²) < 4.78 is 27.3. The van der Waals surface area contributed by atoms with E-state index in [9.17, 15) is 18.4 Å². The molecule has 0 bridgehead atoms. The summed E-state index contributed by atoms with van der Waals surface area (Å²) in [6, 6.07) is 12.5. The molecule has 2 aliphatic heterocycles. The standard InChI is InChI=1S/C23H22F2N4O2/c24-18-4-7-21(20(25)13-18)29-15-17(12-22(29)30)23(31)28-9-1-8-27(10-11-28)19-5-2-16(14-26)3-6-19/h2-7,13,17H,1,8-12,15H2. The van der Waals surface area contributed by atoms with Gasteiger partial charge in [0.05, 0.1) is 23.2 Å². The first kappa shape index (κ1) is 20.8. The fourth-order valence-corrected chi connectivity index (χ4v) is 4.21. The highest BCUT2D eigenvalue weighted by molar-refractivity contribution is 6.00. The Labute approximate surface area is 179 Å². The number of carbonyl (C=O) groups excluding carboxylic acids is 2. The molecule has 160 valence electrons. The minimum atomic E-state index is -0.811. The van der Waals surface area contributed by atoms with Crippen LogP contribution in [0.2, 0.25) is 0 Å². The summed E-state index contributed by atoms with van der Waals surface area (Å²) in [5, 5.41) is 8.95. The van der Waals surface area contributed by atoms with Crippen LogP contribution in [0, 0.1) is 28.9 Å². The van der Waals surface area contributed by atoms with E-state index in [4.69, 9.17) is 5.26 Å². The minimum absolute atomic E-state index is 0.00422. The van der Waals surface area contributed by atoms with Crippen molar-refractivity contribution in [2.24, 2.45) is 5.92 Å². The van der Waals surface area contributed by atoms with E-state index in [1.54, 1.807) is 17.0 Å². The summed E-state index contributed by atoms with van der Waals surface area (Å²) >= 11 is 0. The van der Waals surface area contributed by atoms with E-state index >= 15 is 0 Å². The maximum absolute atomic E-state index is 14.1. The van der Waals surface area contributed by atoms with Crippen LogP contribution in [0.3, 0.4) is 0 Å². The van der Waals surface area contributed by atoms with E-state index in [0.29, 0.717) is 25.2 Å². The van der Waals surface area contributed by atoms with Crippen molar-refractivity contribution in [2.45, 2.75) is 12.8 Å². The summed E-state index contributed by atoms with van der Waals surface area (Å²) in [6.45, 7) is 2.63. The van der Waals surface area contributed by atoms with Gasteiger partial charge in [0, 0.05) is 50.9 Å². The molecular weight excluding hydrogens is 402 g/mol. The zero-order valence-corrected chi connectivity index (χ0v) is 16.9. The van der Waals surface area contributed by atoms with Crippen LogP contribution in [0.5, 0.6) is 0 Å². The third-order valence-electron chi connectivity index (χ3n) is 5.84. The Balaban J connectivity index is 1.40. The topological polar surface area (TPSA) is 67.6 Å². The van der Waals surface area contributed by atoms with Gasteiger partial charge in [0.1, 0.15) is 11.6 Å². The van der Waals surface area contributed by atoms with E-state index in [0.717, 1.165) is 30.8 Å². The summed E-state index contributed by atoms with van der Waals surface area (Å²) in [5.74, 6) is -2.51. The second-order valence-corrected chi connectivity index (χ2v) is 7.83. The van der Waals surface area contributed by atoms with Gasteiger partial charge in [-0.25, -0.2) is 8.78 Å². The van der Waals surface area contributed by atoms with E-state index < -0.39 is 17.6 Å². The van der Waals surface area contributed by atoms with Crippen LogP contribution in [0.4, 0.5) is 20.2 Å². The molecule has 6 nitrogen and oxygen atoms in total. The van der Waals surface area contributed by atoms with Crippen LogP contribution in [0.25, 0.3) is 0 Å². The van der Waals surface area contributed by atoms with Crippen LogP contribution in [-0.4, -0.2) is 49.4 Å². The number of nitrogens with zero attached hydrogens (tertiary/aromatic N) is 4. The quantitative estimate of drug-likeness (QED) is 0.760. The molecule has 0 N–H and O–H groups in total. The molecule has 0 saturated carbocycles. The highest BCUT2D eigenvalue weighted by Gasteiger charge is 2.38. The monoisotopic (exact) mass is 424 g/mol. The normalized spacial score (nSPS) is 19.3. The summed E-state index contributed by atoms with van der Waals surface area (Å²) in [4.78, 5) is 30.7. The first-order valence-electron chi connectivity index (χ1n) is 10.3. The number of rotatable bonds is 3. The number of benzene rings is 2. The van der Waals surface area contributed by atoms with Crippen LogP contribution < -0.4 is 9.80 Å². The highest BCUT2D eigenvalue weighted by Crippen LogP contribution is 2.29. The van der Waals surface area contributed by atoms with Gasteiger partial charge in [-0.2, -0.15) is 5.26 Å². The summed E-state index contributed by atoms with van der Waals surface area (Å²) in [7, 11) is 0. The van der Waals surface area contributed by atoms with Crippen molar-refractivity contribution in [1.29, 1.82) is 5.26 Å². The Hall–Kier alpha value is -3.47. The minimum Gasteiger partial charge on any atom is -0.370 e. The number of amides is 2. The van der Waals surface area contributed by atoms with E-state index in [1.807, 2.05) is 12.1 Å². The molecule has 2 aromatic carbocycles.